The SMILES string of the molecule is CCN(C)C(N(C)CC)(N(C)CC)C(C)(C)N. The average Bonchev–Trinajstić information content (AvgIpc) is 2.26. The van der Waals surface area contributed by atoms with Gasteiger partial charge in [0, 0.05) is 0 Å². The van der Waals surface area contributed by atoms with Crippen LogP contribution in [0.5, 0.6) is 0 Å². The van der Waals surface area contributed by atoms with E-state index in [2.05, 4.69) is 70.5 Å². The quantitative estimate of drug-likeness (QED) is 0.683. The van der Waals surface area contributed by atoms with Crippen LogP contribution in [0.25, 0.3) is 0 Å². The maximum atomic E-state index is 6.52. The highest BCUT2D eigenvalue weighted by atomic mass is 15.6. The van der Waals surface area contributed by atoms with Crippen molar-refractivity contribution in [2.75, 3.05) is 40.8 Å². The number of hydrogen-bond donors (Lipinski definition) is 1. The van der Waals surface area contributed by atoms with Gasteiger partial charge in [-0.05, 0) is 54.6 Å². The van der Waals surface area contributed by atoms with E-state index in [4.69, 9.17) is 5.73 Å². The first-order valence-corrected chi connectivity index (χ1v) is 6.62. The van der Waals surface area contributed by atoms with Crippen molar-refractivity contribution >= 4 is 0 Å². The van der Waals surface area contributed by atoms with Crippen LogP contribution in [0.15, 0.2) is 0 Å². The van der Waals surface area contributed by atoms with E-state index in [-0.39, 0.29) is 11.3 Å². The minimum Gasteiger partial charge on any atom is -0.322 e. The molecule has 0 unspecified atom stereocenters. The van der Waals surface area contributed by atoms with Crippen LogP contribution in [-0.4, -0.2) is 66.8 Å². The molecule has 0 rings (SSSR count). The number of rotatable bonds is 7. The normalized spacial score (nSPS) is 14.1. The van der Waals surface area contributed by atoms with E-state index < -0.39 is 0 Å². The fourth-order valence-electron chi connectivity index (χ4n) is 3.01. The first-order chi connectivity index (χ1) is 7.69. The van der Waals surface area contributed by atoms with Crippen LogP contribution in [0.2, 0.25) is 0 Å². The zero-order chi connectivity index (χ0) is 13.9. The summed E-state index contributed by atoms with van der Waals surface area (Å²) in [7, 11) is 6.44. The lowest BCUT2D eigenvalue weighted by atomic mass is 9.91. The van der Waals surface area contributed by atoms with Gasteiger partial charge in [-0.1, -0.05) is 20.8 Å². The Hall–Kier alpha value is -0.160. The van der Waals surface area contributed by atoms with Crippen LogP contribution >= 0.6 is 0 Å². The average molecular weight is 244 g/mol. The predicted molar refractivity (Wildman–Crippen MR) is 75.9 cm³/mol. The lowest BCUT2D eigenvalue weighted by Gasteiger charge is -2.59. The van der Waals surface area contributed by atoms with Gasteiger partial charge in [-0.15, -0.1) is 0 Å². The van der Waals surface area contributed by atoms with Gasteiger partial charge in [-0.3, -0.25) is 14.7 Å². The van der Waals surface area contributed by atoms with Crippen LogP contribution < -0.4 is 5.73 Å². The fraction of sp³-hybridized carbons (Fsp3) is 1.00. The second-order valence-electron chi connectivity index (χ2n) is 5.40. The molecule has 0 saturated heterocycles. The molecule has 0 fully saturated rings. The van der Waals surface area contributed by atoms with E-state index in [1.54, 1.807) is 0 Å². The molecule has 2 N–H and O–H groups in total. The van der Waals surface area contributed by atoms with Gasteiger partial charge in [0.2, 0.25) is 0 Å². The van der Waals surface area contributed by atoms with Crippen molar-refractivity contribution in [2.24, 2.45) is 5.73 Å². The molecular weight excluding hydrogens is 212 g/mol. The topological polar surface area (TPSA) is 35.7 Å². The molecule has 0 aromatic rings. The molecule has 0 radical (unpaired) electrons. The van der Waals surface area contributed by atoms with Crippen molar-refractivity contribution in [1.29, 1.82) is 0 Å². The Morgan fingerprint density at radius 1 is 0.765 bits per heavy atom. The van der Waals surface area contributed by atoms with E-state index in [1.165, 1.54) is 0 Å². The van der Waals surface area contributed by atoms with Gasteiger partial charge >= 0.3 is 0 Å². The van der Waals surface area contributed by atoms with Crippen LogP contribution in [0.1, 0.15) is 34.6 Å². The molecule has 0 atom stereocenters. The summed E-state index contributed by atoms with van der Waals surface area (Å²) in [6.07, 6.45) is 0. The zero-order valence-corrected chi connectivity index (χ0v) is 13.0. The molecule has 0 aromatic heterocycles. The molecule has 0 aliphatic rings. The second-order valence-corrected chi connectivity index (χ2v) is 5.40. The fourth-order valence-corrected chi connectivity index (χ4v) is 3.01. The summed E-state index contributed by atoms with van der Waals surface area (Å²) in [5.41, 5.74) is 6.18. The Labute approximate surface area is 108 Å². The summed E-state index contributed by atoms with van der Waals surface area (Å²) < 4.78 is 0. The highest BCUT2D eigenvalue weighted by Gasteiger charge is 2.51. The largest absolute Gasteiger partial charge is 0.322 e. The van der Waals surface area contributed by atoms with E-state index in [9.17, 15) is 0 Å². The third-order valence-electron chi connectivity index (χ3n) is 3.88. The molecule has 4 heteroatoms. The first-order valence-electron chi connectivity index (χ1n) is 6.62. The molecule has 0 aromatic carbocycles. The van der Waals surface area contributed by atoms with E-state index in [0.717, 1.165) is 19.6 Å². The van der Waals surface area contributed by atoms with Crippen LogP contribution in [0, 0.1) is 0 Å². The molecule has 0 saturated carbocycles. The van der Waals surface area contributed by atoms with Gasteiger partial charge < -0.3 is 5.73 Å². The highest BCUT2D eigenvalue weighted by Crippen LogP contribution is 2.31. The summed E-state index contributed by atoms with van der Waals surface area (Å²) in [6, 6.07) is 0. The molecule has 0 spiro atoms. The number of nitrogens with zero attached hydrogens (tertiary/aromatic N) is 3. The molecular formula is C13H32N4. The lowest BCUT2D eigenvalue weighted by Crippen LogP contribution is -2.79. The monoisotopic (exact) mass is 244 g/mol. The number of nitrogens with two attached hydrogens (primary N) is 1. The molecule has 0 aliphatic carbocycles. The molecule has 0 bridgehead atoms. The second kappa shape index (κ2) is 6.14. The Kier molecular flexibility index (Phi) is 6.08. The van der Waals surface area contributed by atoms with E-state index in [1.807, 2.05) is 0 Å². The molecule has 17 heavy (non-hydrogen) atoms. The summed E-state index contributed by atoms with van der Waals surface area (Å²) >= 11 is 0. The third-order valence-corrected chi connectivity index (χ3v) is 3.88. The van der Waals surface area contributed by atoms with Gasteiger partial charge in [0.1, 0.15) is 5.79 Å². The van der Waals surface area contributed by atoms with Crippen molar-refractivity contribution in [3.63, 3.8) is 0 Å². The standard InChI is InChI=1S/C13H32N4/c1-9-15(6)13(12(4,5)14,16(7)10-2)17(8)11-3/h9-11,14H2,1-8H3. The Balaban J connectivity index is 5.71. The van der Waals surface area contributed by atoms with Gasteiger partial charge in [-0.2, -0.15) is 0 Å². The summed E-state index contributed by atoms with van der Waals surface area (Å²) in [4.78, 5) is 7.00. The van der Waals surface area contributed by atoms with E-state index in [0.29, 0.717) is 0 Å². The van der Waals surface area contributed by atoms with Crippen molar-refractivity contribution < 1.29 is 0 Å². The van der Waals surface area contributed by atoms with Crippen LogP contribution in [0.4, 0.5) is 0 Å². The minimum absolute atomic E-state index is 0.259. The van der Waals surface area contributed by atoms with Gasteiger partial charge in [0.15, 0.2) is 0 Å². The van der Waals surface area contributed by atoms with Crippen molar-refractivity contribution in [3.8, 4) is 0 Å². The van der Waals surface area contributed by atoms with Crippen molar-refractivity contribution in [1.82, 2.24) is 14.7 Å². The lowest BCUT2D eigenvalue weighted by molar-refractivity contribution is -0.176. The third kappa shape index (κ3) is 2.81. The molecule has 0 amide bonds. The van der Waals surface area contributed by atoms with E-state index >= 15 is 0 Å². The van der Waals surface area contributed by atoms with Crippen molar-refractivity contribution in [3.05, 3.63) is 0 Å². The predicted octanol–water partition coefficient (Wildman–Crippen LogP) is 1.23. The molecule has 0 heterocycles. The maximum absolute atomic E-state index is 6.52. The molecule has 4 nitrogen and oxygen atoms in total. The minimum atomic E-state index is -0.340. The Morgan fingerprint density at radius 2 is 1.00 bits per heavy atom. The zero-order valence-electron chi connectivity index (χ0n) is 13.0. The maximum Gasteiger partial charge on any atom is 0.148 e. The number of likely N-dealkylation sites (N-methyl/N-ethyl adjacent to an activating group) is 3. The smallest absolute Gasteiger partial charge is 0.148 e. The first kappa shape index (κ1) is 16.8. The Morgan fingerprint density at radius 3 is 1.12 bits per heavy atom. The van der Waals surface area contributed by atoms with Crippen LogP contribution in [0.3, 0.4) is 0 Å². The molecule has 0 aliphatic heterocycles. The molecule has 104 valence electrons. The summed E-state index contributed by atoms with van der Waals surface area (Å²) in [5.74, 6) is -0.259. The number of hydrogen-bond acceptors (Lipinski definition) is 4. The summed E-state index contributed by atoms with van der Waals surface area (Å²) in [6.45, 7) is 13.6. The Bertz CT molecular complexity index is 195. The van der Waals surface area contributed by atoms with Crippen molar-refractivity contribution in [2.45, 2.75) is 45.9 Å². The highest BCUT2D eigenvalue weighted by molar-refractivity contribution is 5.01. The van der Waals surface area contributed by atoms with Gasteiger partial charge in [0.05, 0.1) is 5.54 Å². The van der Waals surface area contributed by atoms with Gasteiger partial charge in [-0.25, -0.2) is 0 Å². The van der Waals surface area contributed by atoms with Gasteiger partial charge in [0.25, 0.3) is 0 Å². The van der Waals surface area contributed by atoms with Crippen LogP contribution in [-0.2, 0) is 0 Å². The summed E-state index contributed by atoms with van der Waals surface area (Å²) in [5, 5.41) is 0.